The number of pyridine rings is 1. The Morgan fingerprint density at radius 1 is 1.27 bits per heavy atom. The van der Waals surface area contributed by atoms with Crippen molar-refractivity contribution in [2.24, 2.45) is 0 Å². The molecular weight excluding hydrogens is 316 g/mol. The Bertz CT molecular complexity index is 831. The minimum Gasteiger partial charge on any atom is -0.300 e. The van der Waals surface area contributed by atoms with Gasteiger partial charge >= 0.3 is 0 Å². The lowest BCUT2D eigenvalue weighted by atomic mass is 10.2. The SMILES string of the molecule is Cc1nnc(NC(=O)CSc2nc3ccccc3cc2C)s1. The molecule has 3 rings (SSSR count). The van der Waals surface area contributed by atoms with Crippen LogP contribution in [0, 0.1) is 13.8 Å². The van der Waals surface area contributed by atoms with Crippen molar-refractivity contribution in [3.8, 4) is 0 Å². The van der Waals surface area contributed by atoms with Crippen LogP contribution >= 0.6 is 23.1 Å². The molecular formula is C15H14N4OS2. The average Bonchev–Trinajstić information content (AvgIpc) is 2.90. The number of nitrogens with zero attached hydrogens (tertiary/aromatic N) is 3. The minimum absolute atomic E-state index is 0.101. The first-order valence-corrected chi connectivity index (χ1v) is 8.51. The van der Waals surface area contributed by atoms with E-state index in [1.807, 2.05) is 38.1 Å². The number of aryl methyl sites for hydroxylation is 2. The summed E-state index contributed by atoms with van der Waals surface area (Å²) in [5.74, 6) is 0.195. The van der Waals surface area contributed by atoms with Crippen LogP contribution in [0.15, 0.2) is 35.4 Å². The maximum Gasteiger partial charge on any atom is 0.236 e. The first-order valence-electron chi connectivity index (χ1n) is 6.71. The molecule has 0 fully saturated rings. The van der Waals surface area contributed by atoms with Crippen molar-refractivity contribution in [3.05, 3.63) is 40.9 Å². The molecule has 0 aliphatic rings. The molecule has 0 radical (unpaired) electrons. The number of fused-ring (bicyclic) bond motifs is 1. The molecule has 0 unspecified atom stereocenters. The topological polar surface area (TPSA) is 67.8 Å². The third kappa shape index (κ3) is 3.42. The van der Waals surface area contributed by atoms with Crippen molar-refractivity contribution in [1.82, 2.24) is 15.2 Å². The van der Waals surface area contributed by atoms with E-state index < -0.39 is 0 Å². The molecule has 3 aromatic rings. The number of rotatable bonds is 4. The van der Waals surface area contributed by atoms with E-state index in [9.17, 15) is 4.79 Å². The third-order valence-electron chi connectivity index (χ3n) is 2.98. The second-order valence-corrected chi connectivity index (χ2v) is 6.91. The summed E-state index contributed by atoms with van der Waals surface area (Å²) in [7, 11) is 0. The highest BCUT2D eigenvalue weighted by Gasteiger charge is 2.10. The van der Waals surface area contributed by atoms with Gasteiger partial charge in [0.2, 0.25) is 11.0 Å². The Labute approximate surface area is 136 Å². The number of aromatic nitrogens is 3. The summed E-state index contributed by atoms with van der Waals surface area (Å²) >= 11 is 2.79. The number of amides is 1. The first-order chi connectivity index (χ1) is 10.6. The highest BCUT2D eigenvalue weighted by Crippen LogP contribution is 2.24. The molecule has 2 aromatic heterocycles. The van der Waals surface area contributed by atoms with Gasteiger partial charge in [0, 0.05) is 5.39 Å². The van der Waals surface area contributed by atoms with Gasteiger partial charge in [-0.05, 0) is 31.5 Å². The van der Waals surface area contributed by atoms with Gasteiger partial charge in [-0.2, -0.15) is 0 Å². The summed E-state index contributed by atoms with van der Waals surface area (Å²) in [5, 5.41) is 13.8. The Morgan fingerprint density at radius 3 is 2.86 bits per heavy atom. The molecule has 0 spiro atoms. The second-order valence-electron chi connectivity index (χ2n) is 4.77. The normalized spacial score (nSPS) is 10.8. The zero-order chi connectivity index (χ0) is 15.5. The van der Waals surface area contributed by atoms with Crippen LogP contribution in [0.1, 0.15) is 10.6 Å². The van der Waals surface area contributed by atoms with Crippen molar-refractivity contribution in [3.63, 3.8) is 0 Å². The number of para-hydroxylation sites is 1. The molecule has 0 saturated heterocycles. The fourth-order valence-corrected chi connectivity index (χ4v) is 3.38. The van der Waals surface area contributed by atoms with Crippen LogP contribution in [0.25, 0.3) is 10.9 Å². The van der Waals surface area contributed by atoms with Crippen molar-refractivity contribution in [1.29, 1.82) is 0 Å². The zero-order valence-electron chi connectivity index (χ0n) is 12.2. The van der Waals surface area contributed by atoms with Gasteiger partial charge in [-0.3, -0.25) is 10.1 Å². The Kier molecular flexibility index (Phi) is 4.35. The first kappa shape index (κ1) is 14.9. The molecule has 0 aliphatic heterocycles. The van der Waals surface area contributed by atoms with Crippen LogP contribution in [0.2, 0.25) is 0 Å². The predicted molar refractivity (Wildman–Crippen MR) is 90.5 cm³/mol. The van der Waals surface area contributed by atoms with E-state index in [1.165, 1.54) is 23.1 Å². The molecule has 7 heteroatoms. The lowest BCUT2D eigenvalue weighted by molar-refractivity contribution is -0.113. The van der Waals surface area contributed by atoms with E-state index in [0.717, 1.165) is 26.5 Å². The second kappa shape index (κ2) is 6.41. The number of anilines is 1. The Hall–Kier alpha value is -1.99. The van der Waals surface area contributed by atoms with Crippen LogP contribution in [0.4, 0.5) is 5.13 Å². The number of carbonyl (C=O) groups is 1. The van der Waals surface area contributed by atoms with Gasteiger partial charge in [0.15, 0.2) is 0 Å². The summed E-state index contributed by atoms with van der Waals surface area (Å²) in [5.41, 5.74) is 2.01. The average molecular weight is 330 g/mol. The van der Waals surface area contributed by atoms with Gasteiger partial charge in [0.05, 0.1) is 11.3 Å². The zero-order valence-corrected chi connectivity index (χ0v) is 13.8. The van der Waals surface area contributed by atoms with Gasteiger partial charge in [0.25, 0.3) is 0 Å². The van der Waals surface area contributed by atoms with Crippen molar-refractivity contribution >= 4 is 45.0 Å². The van der Waals surface area contributed by atoms with Gasteiger partial charge < -0.3 is 0 Å². The van der Waals surface area contributed by atoms with E-state index >= 15 is 0 Å². The lowest BCUT2D eigenvalue weighted by Crippen LogP contribution is -2.14. The van der Waals surface area contributed by atoms with E-state index in [0.29, 0.717) is 10.9 Å². The summed E-state index contributed by atoms with van der Waals surface area (Å²) in [4.78, 5) is 16.6. The fourth-order valence-electron chi connectivity index (χ4n) is 1.99. The van der Waals surface area contributed by atoms with Crippen LogP contribution in [0.3, 0.4) is 0 Å². The third-order valence-corrected chi connectivity index (χ3v) is 4.83. The van der Waals surface area contributed by atoms with Gasteiger partial charge in [0.1, 0.15) is 10.0 Å². The molecule has 0 bridgehead atoms. The molecule has 1 aromatic carbocycles. The number of hydrogen-bond acceptors (Lipinski definition) is 6. The van der Waals surface area contributed by atoms with Crippen LogP contribution in [-0.2, 0) is 4.79 Å². The number of benzene rings is 1. The Morgan fingerprint density at radius 2 is 2.09 bits per heavy atom. The van der Waals surface area contributed by atoms with Crippen molar-refractivity contribution in [2.75, 3.05) is 11.1 Å². The van der Waals surface area contributed by atoms with Gasteiger partial charge in [-0.25, -0.2) is 4.98 Å². The van der Waals surface area contributed by atoms with Gasteiger partial charge in [-0.15, -0.1) is 10.2 Å². The number of thioether (sulfide) groups is 1. The summed E-state index contributed by atoms with van der Waals surface area (Å²) in [6.45, 7) is 3.86. The lowest BCUT2D eigenvalue weighted by Gasteiger charge is -2.06. The molecule has 1 amide bonds. The van der Waals surface area contributed by atoms with Crippen molar-refractivity contribution < 1.29 is 4.79 Å². The predicted octanol–water partition coefficient (Wildman–Crippen LogP) is 3.43. The van der Waals surface area contributed by atoms with E-state index in [2.05, 4.69) is 26.6 Å². The monoisotopic (exact) mass is 330 g/mol. The van der Waals surface area contributed by atoms with E-state index in [1.54, 1.807) is 0 Å². The molecule has 0 saturated carbocycles. The van der Waals surface area contributed by atoms with Crippen LogP contribution in [0.5, 0.6) is 0 Å². The van der Waals surface area contributed by atoms with E-state index in [4.69, 9.17) is 0 Å². The number of nitrogens with one attached hydrogen (secondary N) is 1. The quantitative estimate of drug-likeness (QED) is 0.742. The molecule has 5 nitrogen and oxygen atoms in total. The number of carbonyl (C=O) groups excluding carboxylic acids is 1. The minimum atomic E-state index is -0.101. The van der Waals surface area contributed by atoms with E-state index in [-0.39, 0.29) is 5.91 Å². The molecule has 22 heavy (non-hydrogen) atoms. The highest BCUT2D eigenvalue weighted by molar-refractivity contribution is 8.00. The Balaban J connectivity index is 1.68. The van der Waals surface area contributed by atoms with Crippen molar-refractivity contribution in [2.45, 2.75) is 18.9 Å². The van der Waals surface area contributed by atoms with Crippen LogP contribution in [-0.4, -0.2) is 26.8 Å². The summed E-state index contributed by atoms with van der Waals surface area (Å²) < 4.78 is 0. The maximum absolute atomic E-state index is 11.9. The molecule has 0 aliphatic carbocycles. The highest BCUT2D eigenvalue weighted by atomic mass is 32.2. The fraction of sp³-hybridized carbons (Fsp3) is 0.200. The smallest absolute Gasteiger partial charge is 0.236 e. The molecule has 0 atom stereocenters. The van der Waals surface area contributed by atoms with Gasteiger partial charge in [-0.1, -0.05) is 41.3 Å². The summed E-state index contributed by atoms with van der Waals surface area (Å²) in [6.07, 6.45) is 0. The van der Waals surface area contributed by atoms with Crippen LogP contribution < -0.4 is 5.32 Å². The molecule has 2 heterocycles. The maximum atomic E-state index is 11.9. The molecule has 1 N–H and O–H groups in total. The standard InChI is InChI=1S/C15H14N4OS2/c1-9-7-11-5-3-4-6-12(11)16-14(9)21-8-13(20)17-15-19-18-10(2)22-15/h3-7H,8H2,1-2H3,(H,17,19,20). The largest absolute Gasteiger partial charge is 0.300 e. The number of hydrogen-bond donors (Lipinski definition) is 1. The molecule has 112 valence electrons. The summed E-state index contributed by atoms with van der Waals surface area (Å²) in [6, 6.07) is 10.1.